The first kappa shape index (κ1) is 15.0. The van der Waals surface area contributed by atoms with Crippen LogP contribution in [0.2, 0.25) is 0 Å². The monoisotopic (exact) mass is 275 g/mol. The van der Waals surface area contributed by atoms with Crippen molar-refractivity contribution in [3.05, 3.63) is 35.9 Å². The maximum atomic E-state index is 11.9. The van der Waals surface area contributed by atoms with Crippen LogP contribution >= 0.6 is 0 Å². The van der Waals surface area contributed by atoms with Crippen LogP contribution in [0.3, 0.4) is 0 Å². The summed E-state index contributed by atoms with van der Waals surface area (Å²) in [7, 11) is 0. The minimum absolute atomic E-state index is 0.0767. The molecule has 1 aliphatic rings. The standard InChI is InChI=1S/C17H25NO2/c1-3-20-17(19)13-16(18-11-7-8-12-18)14(2)15-9-5-4-6-10-15/h4-6,9-10,14,16H,3,7-8,11-13H2,1-2H3. The van der Waals surface area contributed by atoms with E-state index in [1.54, 1.807) is 0 Å². The molecule has 1 aromatic carbocycles. The van der Waals surface area contributed by atoms with Crippen LogP contribution in [0.5, 0.6) is 0 Å². The van der Waals surface area contributed by atoms with Crippen LogP contribution in [-0.4, -0.2) is 36.6 Å². The van der Waals surface area contributed by atoms with Crippen LogP contribution in [0, 0.1) is 0 Å². The predicted molar refractivity (Wildman–Crippen MR) is 80.7 cm³/mol. The maximum Gasteiger partial charge on any atom is 0.307 e. The molecule has 0 aliphatic carbocycles. The zero-order chi connectivity index (χ0) is 14.4. The second kappa shape index (κ2) is 7.44. The summed E-state index contributed by atoms with van der Waals surface area (Å²) in [6.07, 6.45) is 2.96. The number of hydrogen-bond acceptors (Lipinski definition) is 3. The molecule has 1 aliphatic heterocycles. The molecule has 20 heavy (non-hydrogen) atoms. The van der Waals surface area contributed by atoms with Crippen LogP contribution in [0.25, 0.3) is 0 Å². The number of rotatable bonds is 6. The maximum absolute atomic E-state index is 11.9. The van der Waals surface area contributed by atoms with E-state index in [0.717, 1.165) is 13.1 Å². The molecule has 2 rings (SSSR count). The lowest BCUT2D eigenvalue weighted by molar-refractivity contribution is -0.144. The first-order valence-corrected chi connectivity index (χ1v) is 7.67. The lowest BCUT2D eigenvalue weighted by Crippen LogP contribution is -2.38. The Balaban J connectivity index is 2.10. The molecular formula is C17H25NO2. The molecule has 0 N–H and O–H groups in total. The topological polar surface area (TPSA) is 29.5 Å². The average Bonchev–Trinajstić information content (AvgIpc) is 2.99. The Labute approximate surface area is 121 Å². The number of carbonyl (C=O) groups is 1. The summed E-state index contributed by atoms with van der Waals surface area (Å²) in [5.41, 5.74) is 1.30. The van der Waals surface area contributed by atoms with Crippen LogP contribution in [0.4, 0.5) is 0 Å². The second-order valence-electron chi connectivity index (χ2n) is 5.52. The fourth-order valence-electron chi connectivity index (χ4n) is 3.06. The minimum atomic E-state index is -0.0767. The number of hydrogen-bond donors (Lipinski definition) is 0. The first-order valence-electron chi connectivity index (χ1n) is 7.67. The molecule has 0 bridgehead atoms. The van der Waals surface area contributed by atoms with Gasteiger partial charge in [-0.25, -0.2) is 0 Å². The zero-order valence-electron chi connectivity index (χ0n) is 12.5. The fraction of sp³-hybridized carbons (Fsp3) is 0.588. The molecule has 2 atom stereocenters. The summed E-state index contributed by atoms with van der Waals surface area (Å²) in [6, 6.07) is 10.7. The highest BCUT2D eigenvalue weighted by molar-refractivity contribution is 5.70. The van der Waals surface area contributed by atoms with Gasteiger partial charge in [0.25, 0.3) is 0 Å². The van der Waals surface area contributed by atoms with E-state index in [-0.39, 0.29) is 12.0 Å². The summed E-state index contributed by atoms with van der Waals surface area (Å²) < 4.78 is 5.15. The molecule has 1 saturated heterocycles. The van der Waals surface area contributed by atoms with E-state index in [2.05, 4.69) is 36.1 Å². The molecule has 0 saturated carbocycles. The minimum Gasteiger partial charge on any atom is -0.466 e. The van der Waals surface area contributed by atoms with E-state index < -0.39 is 0 Å². The van der Waals surface area contributed by atoms with Crippen molar-refractivity contribution in [2.45, 2.75) is 45.1 Å². The summed E-state index contributed by atoms with van der Waals surface area (Å²) >= 11 is 0. The SMILES string of the molecule is CCOC(=O)CC(C(C)c1ccccc1)N1CCCC1. The van der Waals surface area contributed by atoms with Gasteiger partial charge >= 0.3 is 5.97 Å². The van der Waals surface area contributed by atoms with Gasteiger partial charge in [-0.05, 0) is 44.3 Å². The summed E-state index contributed by atoms with van der Waals surface area (Å²) in [4.78, 5) is 14.4. The van der Waals surface area contributed by atoms with Crippen molar-refractivity contribution < 1.29 is 9.53 Å². The third-order valence-corrected chi connectivity index (χ3v) is 4.19. The Hall–Kier alpha value is -1.35. The Morgan fingerprint density at radius 2 is 1.90 bits per heavy atom. The van der Waals surface area contributed by atoms with E-state index in [4.69, 9.17) is 4.74 Å². The Bertz CT molecular complexity index is 412. The van der Waals surface area contributed by atoms with Gasteiger partial charge < -0.3 is 4.74 Å². The van der Waals surface area contributed by atoms with Crippen molar-refractivity contribution in [1.29, 1.82) is 0 Å². The predicted octanol–water partition coefficient (Wildman–Crippen LogP) is 3.21. The summed E-state index contributed by atoms with van der Waals surface area (Å²) in [5.74, 6) is 0.269. The van der Waals surface area contributed by atoms with Gasteiger partial charge in [-0.3, -0.25) is 9.69 Å². The highest BCUT2D eigenvalue weighted by Gasteiger charge is 2.30. The third-order valence-electron chi connectivity index (χ3n) is 4.19. The Morgan fingerprint density at radius 1 is 1.25 bits per heavy atom. The van der Waals surface area contributed by atoms with Gasteiger partial charge in [0.2, 0.25) is 0 Å². The van der Waals surface area contributed by atoms with E-state index in [1.807, 2.05) is 13.0 Å². The zero-order valence-corrected chi connectivity index (χ0v) is 12.5. The molecule has 1 heterocycles. The largest absolute Gasteiger partial charge is 0.466 e. The molecule has 0 amide bonds. The van der Waals surface area contributed by atoms with Crippen molar-refractivity contribution in [3.63, 3.8) is 0 Å². The van der Waals surface area contributed by atoms with E-state index in [9.17, 15) is 4.79 Å². The fourth-order valence-corrected chi connectivity index (χ4v) is 3.06. The number of esters is 1. The summed E-state index contributed by atoms with van der Waals surface area (Å²) in [5, 5.41) is 0. The van der Waals surface area contributed by atoms with Gasteiger partial charge in [0.1, 0.15) is 0 Å². The third kappa shape index (κ3) is 3.83. The van der Waals surface area contributed by atoms with Crippen molar-refractivity contribution in [1.82, 2.24) is 4.90 Å². The van der Waals surface area contributed by atoms with Crippen LogP contribution in [-0.2, 0) is 9.53 Å². The van der Waals surface area contributed by atoms with Crippen LogP contribution in [0.1, 0.15) is 44.6 Å². The molecule has 0 aromatic heterocycles. The van der Waals surface area contributed by atoms with Crippen molar-refractivity contribution in [3.8, 4) is 0 Å². The highest BCUT2D eigenvalue weighted by atomic mass is 16.5. The summed E-state index contributed by atoms with van der Waals surface area (Å²) in [6.45, 7) is 6.74. The van der Waals surface area contributed by atoms with Gasteiger partial charge in [-0.15, -0.1) is 0 Å². The average molecular weight is 275 g/mol. The number of carbonyl (C=O) groups excluding carboxylic acids is 1. The van der Waals surface area contributed by atoms with Gasteiger partial charge in [0.05, 0.1) is 13.0 Å². The molecule has 3 heteroatoms. The number of nitrogens with zero attached hydrogens (tertiary/aromatic N) is 1. The smallest absolute Gasteiger partial charge is 0.307 e. The van der Waals surface area contributed by atoms with E-state index in [0.29, 0.717) is 18.9 Å². The molecule has 110 valence electrons. The molecule has 2 unspecified atom stereocenters. The van der Waals surface area contributed by atoms with Crippen molar-refractivity contribution >= 4 is 5.97 Å². The molecule has 0 spiro atoms. The van der Waals surface area contributed by atoms with E-state index in [1.165, 1.54) is 18.4 Å². The normalized spacial score (nSPS) is 18.7. The van der Waals surface area contributed by atoms with Gasteiger partial charge in [0.15, 0.2) is 0 Å². The molecule has 0 radical (unpaired) electrons. The van der Waals surface area contributed by atoms with E-state index >= 15 is 0 Å². The van der Waals surface area contributed by atoms with Gasteiger partial charge in [-0.2, -0.15) is 0 Å². The number of benzene rings is 1. The first-order chi connectivity index (χ1) is 9.72. The molecule has 1 fully saturated rings. The van der Waals surface area contributed by atoms with Gasteiger partial charge in [0, 0.05) is 6.04 Å². The van der Waals surface area contributed by atoms with Crippen LogP contribution < -0.4 is 0 Å². The Kier molecular flexibility index (Phi) is 5.60. The quantitative estimate of drug-likeness (QED) is 0.747. The molecule has 3 nitrogen and oxygen atoms in total. The Morgan fingerprint density at radius 3 is 2.50 bits per heavy atom. The van der Waals surface area contributed by atoms with Crippen LogP contribution in [0.15, 0.2) is 30.3 Å². The lowest BCUT2D eigenvalue weighted by atomic mass is 9.90. The van der Waals surface area contributed by atoms with Crippen molar-refractivity contribution in [2.75, 3.05) is 19.7 Å². The molecular weight excluding hydrogens is 250 g/mol. The number of ether oxygens (including phenoxy) is 1. The number of likely N-dealkylation sites (tertiary alicyclic amines) is 1. The second-order valence-corrected chi connectivity index (χ2v) is 5.52. The van der Waals surface area contributed by atoms with Crippen molar-refractivity contribution in [2.24, 2.45) is 0 Å². The van der Waals surface area contributed by atoms with Gasteiger partial charge in [-0.1, -0.05) is 37.3 Å². The molecule has 1 aromatic rings. The lowest BCUT2D eigenvalue weighted by Gasteiger charge is -2.32. The highest BCUT2D eigenvalue weighted by Crippen LogP contribution is 2.28.